The van der Waals surface area contributed by atoms with Crippen molar-refractivity contribution >= 4 is 3.21 Å². The van der Waals surface area contributed by atoms with Crippen molar-refractivity contribution in [1.82, 2.24) is 0 Å². The van der Waals surface area contributed by atoms with Gasteiger partial charge in [0, 0.05) is 0 Å². The molecule has 51 heavy (non-hydrogen) atoms. The van der Waals surface area contributed by atoms with Crippen molar-refractivity contribution in [1.29, 1.82) is 0 Å². The number of allylic oxidation sites excluding steroid dienone is 4. The molecule has 0 radical (unpaired) electrons. The summed E-state index contributed by atoms with van der Waals surface area (Å²) in [6.45, 7) is 20.0. The van der Waals surface area contributed by atoms with Crippen LogP contribution in [0.25, 0.3) is 11.1 Å². The van der Waals surface area contributed by atoms with E-state index >= 15 is 0 Å². The molecule has 2 aliphatic rings. The fourth-order valence-electron chi connectivity index (χ4n) is 7.48. The van der Waals surface area contributed by atoms with E-state index in [0.717, 1.165) is 12.0 Å². The van der Waals surface area contributed by atoms with E-state index < -0.39 is 21.3 Å². The van der Waals surface area contributed by atoms with Crippen LogP contribution in [0.5, 0.6) is 5.75 Å². The van der Waals surface area contributed by atoms with E-state index in [-0.39, 0.29) is 16.2 Å². The molecule has 0 atom stereocenters. The van der Waals surface area contributed by atoms with E-state index in [1.54, 1.807) is 12.6 Å². The second kappa shape index (κ2) is 14.6. The van der Waals surface area contributed by atoms with E-state index in [0.29, 0.717) is 9.38 Å². The third kappa shape index (κ3) is 7.98. The van der Waals surface area contributed by atoms with E-state index in [4.69, 9.17) is 0 Å². The molecule has 1 nitrogen and oxygen atoms in total. The molecule has 5 aromatic rings. The van der Waals surface area contributed by atoms with Crippen LogP contribution >= 0.6 is 0 Å². The first-order chi connectivity index (χ1) is 24.1. The Hall–Kier alpha value is -3.87. The summed E-state index contributed by atoms with van der Waals surface area (Å²) in [6.07, 6.45) is 6.20. The molecular weight excluding hydrogens is 696 g/mol. The molecule has 0 aliphatic heterocycles. The van der Waals surface area contributed by atoms with Gasteiger partial charge in [0.05, 0.1) is 0 Å². The summed E-state index contributed by atoms with van der Waals surface area (Å²) in [5, 5.41) is 9.84. The number of phenolic OH excluding ortho intramolecular Hbond substituents is 1. The minimum Gasteiger partial charge on any atom is -0.508 e. The van der Waals surface area contributed by atoms with Crippen LogP contribution in [0.15, 0.2) is 148 Å². The van der Waals surface area contributed by atoms with Gasteiger partial charge in [-0.25, -0.2) is 0 Å². The maximum atomic E-state index is 9.84. The minimum absolute atomic E-state index is 0.00859. The number of benzene rings is 5. The van der Waals surface area contributed by atoms with Gasteiger partial charge in [0.25, 0.3) is 0 Å². The predicted octanol–water partition coefficient (Wildman–Crippen LogP) is 12.9. The van der Waals surface area contributed by atoms with Gasteiger partial charge < -0.3 is 5.11 Å². The van der Waals surface area contributed by atoms with Crippen molar-refractivity contribution in [2.75, 3.05) is 0 Å². The molecule has 0 bridgehead atoms. The Balaban J connectivity index is 0.000000252. The van der Waals surface area contributed by atoms with Crippen LogP contribution in [0.3, 0.4) is 0 Å². The fraction of sp³-hybridized carbons (Fsp3) is 0.286. The Morgan fingerprint density at radius 1 is 0.569 bits per heavy atom. The van der Waals surface area contributed by atoms with Gasteiger partial charge in [-0.15, -0.1) is 0 Å². The molecule has 0 saturated carbocycles. The average Bonchev–Trinajstić information content (AvgIpc) is 3.72. The fourth-order valence-corrected chi connectivity index (χ4v) is 16.6. The second-order valence-electron chi connectivity index (χ2n) is 17.1. The molecule has 0 unspecified atom stereocenters. The molecule has 5 aromatic carbocycles. The summed E-state index contributed by atoms with van der Waals surface area (Å²) in [4.78, 5) is 0. The monoisotopic (exact) mass is 748 g/mol. The van der Waals surface area contributed by atoms with Crippen LogP contribution < -0.4 is 0 Å². The Bertz CT molecular complexity index is 2020. The van der Waals surface area contributed by atoms with Crippen LogP contribution in [0.4, 0.5) is 0 Å². The smallest absolute Gasteiger partial charge is 0.119 e. The molecule has 0 aromatic heterocycles. The number of rotatable bonds is 4. The normalized spacial score (nSPS) is 14.1. The van der Waals surface area contributed by atoms with Crippen molar-refractivity contribution in [3.63, 3.8) is 0 Å². The first kappa shape index (κ1) is 36.9. The number of aromatic hydroxyl groups is 1. The molecule has 0 fully saturated rings. The molecule has 260 valence electrons. The van der Waals surface area contributed by atoms with Crippen molar-refractivity contribution < 1.29 is 26.4 Å². The summed E-state index contributed by atoms with van der Waals surface area (Å²) < 4.78 is 3.79. The predicted molar refractivity (Wildman–Crippen MR) is 216 cm³/mol. The van der Waals surface area contributed by atoms with Crippen LogP contribution in [0, 0.1) is 5.41 Å². The Kier molecular flexibility index (Phi) is 10.6. The molecule has 1 N–H and O–H groups in total. The van der Waals surface area contributed by atoms with Crippen molar-refractivity contribution in [3.8, 4) is 16.9 Å². The molecule has 0 saturated heterocycles. The Morgan fingerprint density at radius 3 is 1.51 bits per heavy atom. The standard InChI is InChI=1S/C14H22O.C13H9.C13H10.C9H13.Zr/c1-13(2,3)10-7-8-12(15)11(9-10)14(4,5)6;1-3-7-12-10(5-1)9-11-6-2-4-8-13(11)12;1-3-7-12(8-4-1)11-13-9-5-2-6-10-13;1-9(2,3)8-6-4-5-7-8;/h7-9,15H,1-6H3;1-9H;1-10H;6-7H,4H2,1-3H3;. The van der Waals surface area contributed by atoms with E-state index in [1.807, 2.05) is 6.07 Å². The van der Waals surface area contributed by atoms with Gasteiger partial charge in [-0.05, 0) is 28.0 Å². The van der Waals surface area contributed by atoms with Gasteiger partial charge in [0.15, 0.2) is 0 Å². The summed E-state index contributed by atoms with van der Waals surface area (Å²) in [7, 11) is 0. The van der Waals surface area contributed by atoms with Gasteiger partial charge in [-0.1, -0.05) is 53.7 Å². The maximum absolute atomic E-state index is 9.84. The third-order valence-corrected chi connectivity index (χ3v) is 18.5. The van der Waals surface area contributed by atoms with Gasteiger partial charge in [-0.2, -0.15) is 0 Å². The number of phenols is 1. The first-order valence-corrected chi connectivity index (χ1v) is 22.3. The van der Waals surface area contributed by atoms with Crippen LogP contribution in [-0.4, -0.2) is 8.31 Å². The molecular formula is C49H54OZr. The number of fused-ring (bicyclic) bond motifs is 3. The van der Waals surface area contributed by atoms with Gasteiger partial charge >= 0.3 is 224 Å². The summed E-state index contributed by atoms with van der Waals surface area (Å²) in [5.74, 6) is 0.399. The van der Waals surface area contributed by atoms with Gasteiger partial charge in [0.1, 0.15) is 5.75 Å². The summed E-state index contributed by atoms with van der Waals surface area (Å²) >= 11 is -2.60. The number of hydrogen-bond acceptors (Lipinski definition) is 1. The van der Waals surface area contributed by atoms with Crippen LogP contribution in [0.1, 0.15) is 106 Å². The summed E-state index contributed by atoms with van der Waals surface area (Å²) in [5.41, 5.74) is 12.8. The molecule has 0 heterocycles. The van der Waals surface area contributed by atoms with Crippen LogP contribution in [0.2, 0.25) is 0 Å². The third-order valence-electron chi connectivity index (χ3n) is 10.3. The zero-order valence-corrected chi connectivity index (χ0v) is 34.5. The quantitative estimate of drug-likeness (QED) is 0.194. The topological polar surface area (TPSA) is 20.2 Å². The molecule has 7 rings (SSSR count). The van der Waals surface area contributed by atoms with Crippen molar-refractivity contribution in [2.24, 2.45) is 5.41 Å². The van der Waals surface area contributed by atoms with E-state index in [9.17, 15) is 5.11 Å². The zero-order chi connectivity index (χ0) is 36.6. The summed E-state index contributed by atoms with van der Waals surface area (Å²) in [6, 6.07) is 46.8. The Labute approximate surface area is 315 Å². The largest absolute Gasteiger partial charge is 0.508 e. The Morgan fingerprint density at radius 2 is 1.06 bits per heavy atom. The SMILES string of the molecule is CC(C)(C)C1=CC[C]([Zr](=[C](c2ccccc2)c2ccccc2)[CH]2c3ccccc3-c3ccccc32)=C1.CC(C)(C)c1ccc(O)c(C(C)(C)C)c1. The van der Waals surface area contributed by atoms with Gasteiger partial charge in [0.2, 0.25) is 0 Å². The molecule has 2 heteroatoms. The van der Waals surface area contributed by atoms with Crippen molar-refractivity contribution in [2.45, 2.75) is 83.2 Å². The molecule has 0 spiro atoms. The maximum Gasteiger partial charge on any atom is 0.119 e. The zero-order valence-electron chi connectivity index (χ0n) is 32.0. The van der Waals surface area contributed by atoms with E-state index in [2.05, 4.69) is 190 Å². The van der Waals surface area contributed by atoms with Crippen molar-refractivity contribution in [3.05, 3.63) is 182 Å². The van der Waals surface area contributed by atoms with Gasteiger partial charge in [-0.3, -0.25) is 0 Å². The number of hydrogen-bond donors (Lipinski definition) is 1. The van der Waals surface area contributed by atoms with E-state index in [1.165, 1.54) is 44.5 Å². The average molecular weight is 750 g/mol. The second-order valence-corrected chi connectivity index (χ2v) is 23.4. The molecule has 0 amide bonds. The minimum atomic E-state index is -2.60. The van der Waals surface area contributed by atoms with Crippen LogP contribution in [-0.2, 0) is 32.1 Å². The first-order valence-electron chi connectivity index (χ1n) is 18.4. The molecule has 2 aliphatic carbocycles.